The summed E-state index contributed by atoms with van der Waals surface area (Å²) in [7, 11) is 0. The predicted octanol–water partition coefficient (Wildman–Crippen LogP) is 3.56. The van der Waals surface area contributed by atoms with Crippen LogP contribution in [-0.2, 0) is 6.42 Å². The average Bonchev–Trinajstić information content (AvgIpc) is 2.93. The molecule has 2 heterocycles. The quantitative estimate of drug-likeness (QED) is 0.830. The third kappa shape index (κ3) is 2.58. The summed E-state index contributed by atoms with van der Waals surface area (Å²) in [6.45, 7) is 10.7. The Kier molecular flexibility index (Phi) is 4.02. The van der Waals surface area contributed by atoms with Crippen LogP contribution in [0.5, 0.6) is 0 Å². The van der Waals surface area contributed by atoms with Gasteiger partial charge in [0.25, 0.3) is 0 Å². The summed E-state index contributed by atoms with van der Waals surface area (Å²) in [4.78, 5) is 5.40. The molecule has 2 atom stereocenters. The van der Waals surface area contributed by atoms with E-state index in [1.807, 2.05) is 0 Å². The lowest BCUT2D eigenvalue weighted by Gasteiger charge is -2.47. The zero-order valence-electron chi connectivity index (χ0n) is 13.2. The van der Waals surface area contributed by atoms with Crippen molar-refractivity contribution in [3.8, 4) is 0 Å². The number of aryl methyl sites for hydroxylation is 1. The van der Waals surface area contributed by atoms with Gasteiger partial charge in [0, 0.05) is 30.9 Å². The van der Waals surface area contributed by atoms with Gasteiger partial charge in [0.05, 0.1) is 0 Å². The molecule has 0 radical (unpaired) electrons. The summed E-state index contributed by atoms with van der Waals surface area (Å²) in [5.74, 6) is 0.711. The van der Waals surface area contributed by atoms with Crippen LogP contribution < -0.4 is 4.90 Å². The SMILES string of the molecule is CCc1ccc(N2CC3CCCN3CC2C(C)C)cc1. The Morgan fingerprint density at radius 3 is 2.55 bits per heavy atom. The number of rotatable bonds is 3. The number of hydrogen-bond acceptors (Lipinski definition) is 2. The zero-order valence-corrected chi connectivity index (χ0v) is 13.2. The molecule has 2 fully saturated rings. The molecule has 2 unspecified atom stereocenters. The molecule has 110 valence electrons. The maximum Gasteiger partial charge on any atom is 0.0440 e. The molecule has 20 heavy (non-hydrogen) atoms. The highest BCUT2D eigenvalue weighted by Gasteiger charge is 2.37. The van der Waals surface area contributed by atoms with Crippen LogP contribution in [0.25, 0.3) is 0 Å². The highest BCUT2D eigenvalue weighted by molar-refractivity contribution is 5.49. The number of nitrogens with zero attached hydrogens (tertiary/aromatic N) is 2. The number of hydrogen-bond donors (Lipinski definition) is 0. The van der Waals surface area contributed by atoms with Crippen LogP contribution in [0.1, 0.15) is 39.2 Å². The first-order valence-corrected chi connectivity index (χ1v) is 8.28. The van der Waals surface area contributed by atoms with Crippen LogP contribution in [0, 0.1) is 5.92 Å². The van der Waals surface area contributed by atoms with E-state index in [4.69, 9.17) is 0 Å². The van der Waals surface area contributed by atoms with Crippen molar-refractivity contribution < 1.29 is 0 Å². The smallest absolute Gasteiger partial charge is 0.0440 e. The second kappa shape index (κ2) is 5.77. The molecule has 2 saturated heterocycles. The topological polar surface area (TPSA) is 6.48 Å². The van der Waals surface area contributed by atoms with Crippen LogP contribution >= 0.6 is 0 Å². The lowest BCUT2D eigenvalue weighted by molar-refractivity contribution is 0.176. The van der Waals surface area contributed by atoms with E-state index in [0.29, 0.717) is 12.0 Å². The molecule has 0 spiro atoms. The Labute approximate surface area is 123 Å². The van der Waals surface area contributed by atoms with E-state index in [-0.39, 0.29) is 0 Å². The third-order valence-corrected chi connectivity index (χ3v) is 5.17. The molecule has 0 amide bonds. The van der Waals surface area contributed by atoms with Gasteiger partial charge in [-0.15, -0.1) is 0 Å². The molecule has 0 aromatic heterocycles. The van der Waals surface area contributed by atoms with E-state index in [0.717, 1.165) is 12.5 Å². The van der Waals surface area contributed by atoms with Crippen molar-refractivity contribution in [1.29, 1.82) is 0 Å². The summed E-state index contributed by atoms with van der Waals surface area (Å²) in [6.07, 6.45) is 3.90. The van der Waals surface area contributed by atoms with Crippen LogP contribution in [-0.4, -0.2) is 36.6 Å². The molecular weight excluding hydrogens is 244 g/mol. The van der Waals surface area contributed by atoms with Gasteiger partial charge in [-0.05, 0) is 49.4 Å². The molecule has 2 aliphatic heterocycles. The van der Waals surface area contributed by atoms with Gasteiger partial charge in [-0.1, -0.05) is 32.9 Å². The maximum atomic E-state index is 2.72. The van der Waals surface area contributed by atoms with Crippen LogP contribution in [0.2, 0.25) is 0 Å². The maximum absolute atomic E-state index is 2.72. The van der Waals surface area contributed by atoms with E-state index in [1.165, 1.54) is 43.7 Å². The summed E-state index contributed by atoms with van der Waals surface area (Å²) >= 11 is 0. The zero-order chi connectivity index (χ0) is 14.1. The third-order valence-electron chi connectivity index (χ3n) is 5.17. The Balaban J connectivity index is 1.83. The minimum Gasteiger partial charge on any atom is -0.365 e. The minimum absolute atomic E-state index is 0.664. The molecule has 3 rings (SSSR count). The van der Waals surface area contributed by atoms with Crippen molar-refractivity contribution in [3.05, 3.63) is 29.8 Å². The lowest BCUT2D eigenvalue weighted by Crippen LogP contribution is -2.58. The normalized spacial score (nSPS) is 27.1. The summed E-state index contributed by atoms with van der Waals surface area (Å²) < 4.78 is 0. The van der Waals surface area contributed by atoms with Gasteiger partial charge in [-0.3, -0.25) is 4.90 Å². The highest BCUT2D eigenvalue weighted by Crippen LogP contribution is 2.31. The van der Waals surface area contributed by atoms with Gasteiger partial charge in [0.1, 0.15) is 0 Å². The van der Waals surface area contributed by atoms with Crippen molar-refractivity contribution >= 4 is 5.69 Å². The Morgan fingerprint density at radius 1 is 1.15 bits per heavy atom. The monoisotopic (exact) mass is 272 g/mol. The van der Waals surface area contributed by atoms with Gasteiger partial charge < -0.3 is 4.90 Å². The van der Waals surface area contributed by atoms with Crippen molar-refractivity contribution in [2.24, 2.45) is 5.92 Å². The molecule has 2 nitrogen and oxygen atoms in total. The van der Waals surface area contributed by atoms with Crippen molar-refractivity contribution in [3.63, 3.8) is 0 Å². The average molecular weight is 272 g/mol. The van der Waals surface area contributed by atoms with E-state index < -0.39 is 0 Å². The Bertz CT molecular complexity index is 437. The molecule has 2 aliphatic rings. The minimum atomic E-state index is 0.664. The van der Waals surface area contributed by atoms with Gasteiger partial charge >= 0.3 is 0 Å². The largest absolute Gasteiger partial charge is 0.365 e. The molecule has 0 N–H and O–H groups in total. The molecule has 0 bridgehead atoms. The molecule has 0 aliphatic carbocycles. The van der Waals surface area contributed by atoms with Crippen molar-refractivity contribution in [2.45, 2.75) is 52.1 Å². The molecule has 1 aromatic rings. The predicted molar refractivity (Wildman–Crippen MR) is 86.4 cm³/mol. The molecule has 1 aromatic carbocycles. The summed E-state index contributed by atoms with van der Waals surface area (Å²) in [6, 6.07) is 10.7. The van der Waals surface area contributed by atoms with Crippen molar-refractivity contribution in [1.82, 2.24) is 4.90 Å². The fourth-order valence-corrected chi connectivity index (χ4v) is 3.83. The van der Waals surface area contributed by atoms with E-state index in [9.17, 15) is 0 Å². The van der Waals surface area contributed by atoms with Gasteiger partial charge in [0.15, 0.2) is 0 Å². The van der Waals surface area contributed by atoms with Crippen molar-refractivity contribution in [2.75, 3.05) is 24.5 Å². The molecule has 0 saturated carbocycles. The fourth-order valence-electron chi connectivity index (χ4n) is 3.83. The number of fused-ring (bicyclic) bond motifs is 1. The molecular formula is C18H28N2. The summed E-state index contributed by atoms with van der Waals surface area (Å²) in [5.41, 5.74) is 2.86. The van der Waals surface area contributed by atoms with Crippen LogP contribution in [0.15, 0.2) is 24.3 Å². The van der Waals surface area contributed by atoms with Gasteiger partial charge in [-0.2, -0.15) is 0 Å². The fraction of sp³-hybridized carbons (Fsp3) is 0.667. The first kappa shape index (κ1) is 13.9. The van der Waals surface area contributed by atoms with Gasteiger partial charge in [0.2, 0.25) is 0 Å². The second-order valence-corrected chi connectivity index (χ2v) is 6.77. The lowest BCUT2D eigenvalue weighted by atomic mass is 9.96. The second-order valence-electron chi connectivity index (χ2n) is 6.77. The first-order valence-electron chi connectivity index (χ1n) is 8.28. The van der Waals surface area contributed by atoms with E-state index >= 15 is 0 Å². The van der Waals surface area contributed by atoms with Crippen LogP contribution in [0.3, 0.4) is 0 Å². The Hall–Kier alpha value is -1.02. The van der Waals surface area contributed by atoms with Gasteiger partial charge in [-0.25, -0.2) is 0 Å². The van der Waals surface area contributed by atoms with Crippen LogP contribution in [0.4, 0.5) is 5.69 Å². The number of piperazine rings is 1. The summed E-state index contributed by atoms with van der Waals surface area (Å²) in [5, 5.41) is 0. The highest BCUT2D eigenvalue weighted by atomic mass is 15.3. The van der Waals surface area contributed by atoms with E-state index in [2.05, 4.69) is 54.8 Å². The first-order chi connectivity index (χ1) is 9.69. The van der Waals surface area contributed by atoms with E-state index in [1.54, 1.807) is 0 Å². The standard InChI is InChI=1S/C18H28N2/c1-4-15-7-9-16(10-8-15)20-12-17-6-5-11-19(17)13-18(20)14(2)3/h7-10,14,17-18H,4-6,11-13H2,1-3H3. The Morgan fingerprint density at radius 2 is 1.90 bits per heavy atom. The number of benzene rings is 1. The number of anilines is 1. The molecule has 2 heteroatoms.